The van der Waals surface area contributed by atoms with Gasteiger partial charge in [-0.3, -0.25) is 4.79 Å². The first-order valence-corrected chi connectivity index (χ1v) is 4.36. The van der Waals surface area contributed by atoms with Crippen LogP contribution in [0, 0.1) is 9.39 Å². The SMILES string of the molecule is CC(=O)c1ccc(I)c(F)c1N. The van der Waals surface area contributed by atoms with Gasteiger partial charge in [0, 0.05) is 5.56 Å². The number of ketones is 1. The summed E-state index contributed by atoms with van der Waals surface area (Å²) in [6.07, 6.45) is 0. The lowest BCUT2D eigenvalue weighted by molar-refractivity contribution is 0.101. The van der Waals surface area contributed by atoms with Gasteiger partial charge in [0.15, 0.2) is 11.6 Å². The lowest BCUT2D eigenvalue weighted by Gasteiger charge is -2.03. The monoisotopic (exact) mass is 279 g/mol. The Balaban J connectivity index is 3.36. The molecule has 0 spiro atoms. The second kappa shape index (κ2) is 3.38. The summed E-state index contributed by atoms with van der Waals surface area (Å²) in [6.45, 7) is 1.36. The lowest BCUT2D eigenvalue weighted by Crippen LogP contribution is -2.03. The van der Waals surface area contributed by atoms with Crippen molar-refractivity contribution in [3.63, 3.8) is 0 Å². The maximum atomic E-state index is 13.1. The van der Waals surface area contributed by atoms with Crippen LogP contribution >= 0.6 is 22.6 Å². The molecule has 64 valence electrons. The molecule has 0 unspecified atom stereocenters. The van der Waals surface area contributed by atoms with E-state index in [4.69, 9.17) is 5.73 Å². The highest BCUT2D eigenvalue weighted by atomic mass is 127. The average Bonchev–Trinajstić information content (AvgIpc) is 2.00. The molecular weight excluding hydrogens is 272 g/mol. The molecular formula is C8H7FINO. The molecule has 0 amide bonds. The van der Waals surface area contributed by atoms with Gasteiger partial charge in [0.2, 0.25) is 0 Å². The predicted octanol–water partition coefficient (Wildman–Crippen LogP) is 2.22. The van der Waals surface area contributed by atoms with E-state index in [1.54, 1.807) is 0 Å². The van der Waals surface area contributed by atoms with Crippen molar-refractivity contribution in [1.82, 2.24) is 0 Å². The standard InChI is InChI=1S/C8H7FINO/c1-4(12)5-2-3-6(10)7(9)8(5)11/h2-3H,11H2,1H3. The van der Waals surface area contributed by atoms with E-state index in [9.17, 15) is 9.18 Å². The number of carbonyl (C=O) groups excluding carboxylic acids is 1. The van der Waals surface area contributed by atoms with E-state index < -0.39 is 5.82 Å². The zero-order valence-corrected chi connectivity index (χ0v) is 8.55. The van der Waals surface area contributed by atoms with Crippen LogP contribution < -0.4 is 5.73 Å². The van der Waals surface area contributed by atoms with Gasteiger partial charge in [0.1, 0.15) is 0 Å². The van der Waals surface area contributed by atoms with E-state index in [2.05, 4.69) is 0 Å². The third-order valence-electron chi connectivity index (χ3n) is 1.51. The first-order chi connectivity index (χ1) is 5.54. The van der Waals surface area contributed by atoms with Crippen LogP contribution in [0.15, 0.2) is 12.1 Å². The summed E-state index contributed by atoms with van der Waals surface area (Å²) in [7, 11) is 0. The third-order valence-corrected chi connectivity index (χ3v) is 2.35. The summed E-state index contributed by atoms with van der Waals surface area (Å²) in [6, 6.07) is 3.06. The fourth-order valence-corrected chi connectivity index (χ4v) is 1.34. The first kappa shape index (κ1) is 9.44. The number of nitrogens with two attached hydrogens (primary N) is 1. The maximum absolute atomic E-state index is 13.1. The highest BCUT2D eigenvalue weighted by Crippen LogP contribution is 2.21. The molecule has 0 saturated carbocycles. The van der Waals surface area contributed by atoms with Crippen LogP contribution in [0.25, 0.3) is 0 Å². The fourth-order valence-electron chi connectivity index (χ4n) is 0.873. The van der Waals surface area contributed by atoms with Crippen LogP contribution in [0.3, 0.4) is 0 Å². The molecule has 2 nitrogen and oxygen atoms in total. The number of nitrogen functional groups attached to an aromatic ring is 1. The largest absolute Gasteiger partial charge is 0.396 e. The highest BCUT2D eigenvalue weighted by molar-refractivity contribution is 14.1. The Bertz CT molecular complexity index is 338. The zero-order chi connectivity index (χ0) is 9.30. The first-order valence-electron chi connectivity index (χ1n) is 3.28. The fraction of sp³-hybridized carbons (Fsp3) is 0.125. The molecule has 1 aromatic rings. The second-order valence-electron chi connectivity index (χ2n) is 2.38. The zero-order valence-electron chi connectivity index (χ0n) is 6.40. The number of anilines is 1. The number of carbonyl (C=O) groups is 1. The minimum Gasteiger partial charge on any atom is -0.396 e. The maximum Gasteiger partial charge on any atom is 0.161 e. The van der Waals surface area contributed by atoms with Gasteiger partial charge in [0.25, 0.3) is 0 Å². The van der Waals surface area contributed by atoms with Crippen molar-refractivity contribution >= 4 is 34.1 Å². The second-order valence-corrected chi connectivity index (χ2v) is 3.54. The van der Waals surface area contributed by atoms with Crippen LogP contribution in [0.1, 0.15) is 17.3 Å². The van der Waals surface area contributed by atoms with E-state index in [0.717, 1.165) is 0 Å². The van der Waals surface area contributed by atoms with E-state index in [1.807, 2.05) is 22.6 Å². The number of halogens is 2. The van der Waals surface area contributed by atoms with Gasteiger partial charge in [-0.25, -0.2) is 4.39 Å². The molecule has 0 aliphatic carbocycles. The summed E-state index contributed by atoms with van der Waals surface area (Å²) in [5, 5.41) is 0. The molecule has 0 bridgehead atoms. The van der Waals surface area contributed by atoms with Crippen molar-refractivity contribution in [3.8, 4) is 0 Å². The van der Waals surface area contributed by atoms with Crippen LogP contribution in [-0.4, -0.2) is 5.78 Å². The molecule has 2 N–H and O–H groups in total. The minimum atomic E-state index is -0.511. The van der Waals surface area contributed by atoms with Crippen LogP contribution in [0.5, 0.6) is 0 Å². The minimum absolute atomic E-state index is 0.0607. The molecule has 1 rings (SSSR count). The molecule has 12 heavy (non-hydrogen) atoms. The van der Waals surface area contributed by atoms with Crippen LogP contribution in [0.2, 0.25) is 0 Å². The van der Waals surface area contributed by atoms with Crippen molar-refractivity contribution in [3.05, 3.63) is 27.1 Å². The highest BCUT2D eigenvalue weighted by Gasteiger charge is 2.11. The average molecular weight is 279 g/mol. The molecule has 0 aromatic heterocycles. The quantitative estimate of drug-likeness (QED) is 0.486. The predicted molar refractivity (Wildman–Crippen MR) is 53.5 cm³/mol. The summed E-state index contributed by atoms with van der Waals surface area (Å²) >= 11 is 1.82. The molecule has 1 aromatic carbocycles. The van der Waals surface area contributed by atoms with Crippen molar-refractivity contribution in [2.45, 2.75) is 6.92 Å². The number of benzene rings is 1. The normalized spacial score (nSPS) is 9.92. The number of hydrogen-bond donors (Lipinski definition) is 1. The summed E-state index contributed by atoms with van der Waals surface area (Å²) in [5.74, 6) is -0.730. The van der Waals surface area contributed by atoms with Crippen molar-refractivity contribution in [2.75, 3.05) is 5.73 Å². The van der Waals surface area contributed by atoms with Gasteiger partial charge < -0.3 is 5.73 Å². The third kappa shape index (κ3) is 1.57. The van der Waals surface area contributed by atoms with E-state index in [-0.39, 0.29) is 17.0 Å². The smallest absolute Gasteiger partial charge is 0.161 e. The summed E-state index contributed by atoms with van der Waals surface area (Å²) in [4.78, 5) is 10.9. The molecule has 0 radical (unpaired) electrons. The molecule has 0 aliphatic rings. The molecule has 0 heterocycles. The number of hydrogen-bond acceptors (Lipinski definition) is 2. The lowest BCUT2D eigenvalue weighted by atomic mass is 10.1. The summed E-state index contributed by atoms with van der Waals surface area (Å²) < 4.78 is 13.5. The molecule has 0 aliphatic heterocycles. The molecule has 4 heteroatoms. The van der Waals surface area contributed by atoms with E-state index >= 15 is 0 Å². The van der Waals surface area contributed by atoms with Crippen molar-refractivity contribution in [1.29, 1.82) is 0 Å². The molecule has 0 saturated heterocycles. The van der Waals surface area contributed by atoms with E-state index in [0.29, 0.717) is 3.57 Å². The Morgan fingerprint density at radius 3 is 2.67 bits per heavy atom. The topological polar surface area (TPSA) is 43.1 Å². The van der Waals surface area contributed by atoms with Gasteiger partial charge >= 0.3 is 0 Å². The summed E-state index contributed by atoms with van der Waals surface area (Å²) in [5.41, 5.74) is 5.57. The number of rotatable bonds is 1. The van der Waals surface area contributed by atoms with E-state index in [1.165, 1.54) is 19.1 Å². The van der Waals surface area contributed by atoms with Crippen LogP contribution in [-0.2, 0) is 0 Å². The molecule has 0 fully saturated rings. The van der Waals surface area contributed by atoms with Gasteiger partial charge in [-0.15, -0.1) is 0 Å². The Kier molecular flexibility index (Phi) is 2.66. The molecule has 0 atom stereocenters. The van der Waals surface area contributed by atoms with Gasteiger partial charge in [0.05, 0.1) is 9.26 Å². The Morgan fingerprint density at radius 1 is 1.58 bits per heavy atom. The van der Waals surface area contributed by atoms with Crippen molar-refractivity contribution < 1.29 is 9.18 Å². The van der Waals surface area contributed by atoms with Crippen molar-refractivity contribution in [2.24, 2.45) is 0 Å². The van der Waals surface area contributed by atoms with Gasteiger partial charge in [-0.2, -0.15) is 0 Å². The number of Topliss-reactive ketones (excluding diaryl/α,β-unsaturated/α-hetero) is 1. The Labute approximate surface area is 83.1 Å². The van der Waals surface area contributed by atoms with Gasteiger partial charge in [-0.05, 0) is 41.6 Å². The Hall–Kier alpha value is -0.650. The Morgan fingerprint density at radius 2 is 2.17 bits per heavy atom. The van der Waals surface area contributed by atoms with Crippen LogP contribution in [0.4, 0.5) is 10.1 Å². The van der Waals surface area contributed by atoms with Gasteiger partial charge in [-0.1, -0.05) is 0 Å².